The second kappa shape index (κ2) is 38.2. The molecule has 9 N–H and O–H groups in total. The lowest BCUT2D eigenvalue weighted by molar-refractivity contribution is -0.338. The molecular weight excluding hydrogens is 932 g/mol. The largest absolute Gasteiger partial charge is 0.472 e. The molecule has 1 aliphatic heterocycles. The number of aliphatic hydroxyl groups excluding tert-OH is 8. The third kappa shape index (κ3) is 26.7. The first-order valence-corrected chi connectivity index (χ1v) is 28.7. The predicted molar refractivity (Wildman–Crippen MR) is 263 cm³/mol. The molecule has 0 radical (unpaired) electrons. The third-order valence-corrected chi connectivity index (χ3v) is 14.7. The smallest absolute Gasteiger partial charge is 0.462 e. The van der Waals surface area contributed by atoms with E-state index in [1.54, 1.807) is 0 Å². The second-order valence-corrected chi connectivity index (χ2v) is 21.5. The normalized spacial score (nSPS) is 27.7. The standard InChI is InChI=1S/C51H97O18P/c1-4-6-8-10-12-13-14-15-16-17-18-19-24-28-32-40(53)64-35-38(66-41(54)33-29-25-21-20-23-27-31-37(3)30-26-22-11-9-7-5-2)36-65-70(62,63)69-50-47(60)45(58)44(57)46(59)49(50)68-51-48(61)43(56)42(55)39(34-52)67-51/h37-39,42-52,55-61H,4-36H2,1-3H3,(H,62,63). The molecule has 70 heavy (non-hydrogen) atoms. The van der Waals surface area contributed by atoms with Gasteiger partial charge in [-0.05, 0) is 18.8 Å². The Hall–Kier alpha value is -1.35. The summed E-state index contributed by atoms with van der Waals surface area (Å²) in [7, 11) is -5.37. The monoisotopic (exact) mass is 1030 g/mol. The van der Waals surface area contributed by atoms with Crippen molar-refractivity contribution in [1.29, 1.82) is 0 Å². The lowest BCUT2D eigenvalue weighted by Crippen LogP contribution is -2.67. The highest BCUT2D eigenvalue weighted by atomic mass is 31.2. The first kappa shape index (κ1) is 64.8. The molecule has 19 heteroatoms. The Morgan fingerprint density at radius 1 is 0.529 bits per heavy atom. The van der Waals surface area contributed by atoms with Crippen LogP contribution in [0.3, 0.4) is 0 Å². The number of hydrogen-bond donors (Lipinski definition) is 9. The van der Waals surface area contributed by atoms with Crippen LogP contribution in [0.25, 0.3) is 0 Å². The van der Waals surface area contributed by atoms with E-state index in [1.165, 1.54) is 116 Å². The van der Waals surface area contributed by atoms with E-state index < -0.39 is 113 Å². The maximum atomic E-state index is 13.4. The number of aliphatic hydroxyl groups is 8. The molecule has 2 aliphatic rings. The fourth-order valence-electron chi connectivity index (χ4n) is 9.13. The SMILES string of the molecule is CCCCCCCCCCCCCCCCC(=O)OCC(COP(=O)(O)OC1C(O)C(O)C(O)C(O)C1OC1OC(CO)C(O)C(O)C1O)OC(=O)CCCCCCCCC(C)CCCCCCCC. The van der Waals surface area contributed by atoms with E-state index in [4.69, 9.17) is 28.0 Å². The lowest BCUT2D eigenvalue weighted by atomic mass is 9.84. The molecule has 0 aromatic heterocycles. The first-order valence-electron chi connectivity index (χ1n) is 27.3. The zero-order valence-electron chi connectivity index (χ0n) is 43.0. The molecular formula is C51H97O18P. The van der Waals surface area contributed by atoms with Gasteiger partial charge in [-0.25, -0.2) is 4.57 Å². The van der Waals surface area contributed by atoms with Crippen LogP contribution in [-0.4, -0.2) is 151 Å². The molecule has 14 unspecified atom stereocenters. The molecule has 0 aromatic carbocycles. The van der Waals surface area contributed by atoms with E-state index in [2.05, 4.69) is 20.8 Å². The fourth-order valence-corrected chi connectivity index (χ4v) is 10.1. The summed E-state index contributed by atoms with van der Waals surface area (Å²) in [5.74, 6) is -0.484. The van der Waals surface area contributed by atoms with Crippen LogP contribution in [0.2, 0.25) is 0 Å². The van der Waals surface area contributed by atoms with E-state index >= 15 is 0 Å². The summed E-state index contributed by atoms with van der Waals surface area (Å²) in [4.78, 5) is 36.7. The number of esters is 2. The predicted octanol–water partition coefficient (Wildman–Crippen LogP) is 6.96. The minimum atomic E-state index is -5.37. The molecule has 0 bridgehead atoms. The number of phosphoric acid groups is 1. The van der Waals surface area contributed by atoms with Gasteiger partial charge in [0, 0.05) is 12.8 Å². The molecule has 1 aliphatic carbocycles. The summed E-state index contributed by atoms with van der Waals surface area (Å²) >= 11 is 0. The average molecular weight is 1030 g/mol. The summed E-state index contributed by atoms with van der Waals surface area (Å²) in [5, 5.41) is 83.1. The molecule has 1 heterocycles. The number of ether oxygens (including phenoxy) is 4. The molecule has 1 saturated carbocycles. The molecule has 0 spiro atoms. The summed E-state index contributed by atoms with van der Waals surface area (Å²) in [6.45, 7) is 4.59. The van der Waals surface area contributed by atoms with Crippen LogP contribution in [0, 0.1) is 5.92 Å². The summed E-state index contributed by atoms with van der Waals surface area (Å²) in [5.41, 5.74) is 0. The van der Waals surface area contributed by atoms with Crippen molar-refractivity contribution in [2.75, 3.05) is 19.8 Å². The summed E-state index contributed by atoms with van der Waals surface area (Å²) in [6.07, 6.45) is 8.91. The third-order valence-electron chi connectivity index (χ3n) is 13.7. The van der Waals surface area contributed by atoms with Gasteiger partial charge in [0.2, 0.25) is 0 Å². The van der Waals surface area contributed by atoms with Crippen molar-refractivity contribution in [2.45, 2.75) is 287 Å². The van der Waals surface area contributed by atoms with Crippen LogP contribution in [0.1, 0.15) is 213 Å². The van der Waals surface area contributed by atoms with E-state index in [1.807, 2.05) is 0 Å². The minimum Gasteiger partial charge on any atom is -0.462 e. The van der Waals surface area contributed by atoms with Crippen LogP contribution in [0.5, 0.6) is 0 Å². The number of rotatable bonds is 42. The molecule has 0 aromatic rings. The van der Waals surface area contributed by atoms with Gasteiger partial charge in [-0.2, -0.15) is 0 Å². The Kier molecular flexibility index (Phi) is 35.4. The van der Waals surface area contributed by atoms with Gasteiger partial charge < -0.3 is 64.7 Å². The molecule has 1 saturated heterocycles. The Bertz CT molecular complexity index is 1380. The van der Waals surface area contributed by atoms with Gasteiger partial charge in [-0.3, -0.25) is 18.6 Å². The van der Waals surface area contributed by atoms with Gasteiger partial charge in [0.05, 0.1) is 13.2 Å². The van der Waals surface area contributed by atoms with Gasteiger partial charge in [0.25, 0.3) is 0 Å². The highest BCUT2D eigenvalue weighted by Gasteiger charge is 2.55. The number of carbonyl (C=O) groups excluding carboxylic acids is 2. The Labute approximate surface area is 419 Å². The van der Waals surface area contributed by atoms with Crippen molar-refractivity contribution in [3.05, 3.63) is 0 Å². The highest BCUT2D eigenvalue weighted by molar-refractivity contribution is 7.47. The number of hydrogen-bond acceptors (Lipinski definition) is 17. The van der Waals surface area contributed by atoms with Gasteiger partial charge >= 0.3 is 19.8 Å². The average Bonchev–Trinajstić information content (AvgIpc) is 3.33. The maximum absolute atomic E-state index is 13.4. The van der Waals surface area contributed by atoms with Crippen LogP contribution >= 0.6 is 7.82 Å². The van der Waals surface area contributed by atoms with Crippen molar-refractivity contribution >= 4 is 19.8 Å². The summed E-state index contributed by atoms with van der Waals surface area (Å²) < 4.78 is 45.6. The molecule has 2 fully saturated rings. The maximum Gasteiger partial charge on any atom is 0.472 e. The van der Waals surface area contributed by atoms with E-state index in [9.17, 15) is 59.9 Å². The van der Waals surface area contributed by atoms with Gasteiger partial charge in [0.15, 0.2) is 12.4 Å². The van der Waals surface area contributed by atoms with Crippen molar-refractivity contribution in [1.82, 2.24) is 0 Å². The number of unbranched alkanes of at least 4 members (excludes halogenated alkanes) is 23. The van der Waals surface area contributed by atoms with Crippen LogP contribution in [0.15, 0.2) is 0 Å². The van der Waals surface area contributed by atoms with Crippen LogP contribution in [0.4, 0.5) is 0 Å². The Balaban J connectivity index is 1.93. The van der Waals surface area contributed by atoms with Gasteiger partial charge in [-0.15, -0.1) is 0 Å². The van der Waals surface area contributed by atoms with Gasteiger partial charge in [0.1, 0.15) is 67.6 Å². The number of phosphoric ester groups is 1. The first-order chi connectivity index (χ1) is 33.6. The Morgan fingerprint density at radius 2 is 0.943 bits per heavy atom. The Morgan fingerprint density at radius 3 is 1.41 bits per heavy atom. The van der Waals surface area contributed by atoms with Crippen molar-refractivity contribution in [3.63, 3.8) is 0 Å². The zero-order chi connectivity index (χ0) is 51.7. The van der Waals surface area contributed by atoms with Crippen LogP contribution < -0.4 is 0 Å². The highest BCUT2D eigenvalue weighted by Crippen LogP contribution is 2.48. The van der Waals surface area contributed by atoms with Crippen molar-refractivity contribution < 1.29 is 87.9 Å². The summed E-state index contributed by atoms with van der Waals surface area (Å²) in [6, 6.07) is 0. The molecule has 18 nitrogen and oxygen atoms in total. The lowest BCUT2D eigenvalue weighted by Gasteiger charge is -2.47. The van der Waals surface area contributed by atoms with Crippen molar-refractivity contribution in [3.8, 4) is 0 Å². The van der Waals surface area contributed by atoms with E-state index in [0.717, 1.165) is 57.3 Å². The molecule has 414 valence electrons. The topological polar surface area (TPSA) is 289 Å². The minimum absolute atomic E-state index is 0.0371. The van der Waals surface area contributed by atoms with Gasteiger partial charge in [-0.1, -0.05) is 188 Å². The fraction of sp³-hybridized carbons (Fsp3) is 0.961. The van der Waals surface area contributed by atoms with E-state index in [0.29, 0.717) is 12.8 Å². The quantitative estimate of drug-likeness (QED) is 0.0170. The van der Waals surface area contributed by atoms with E-state index in [-0.39, 0.29) is 12.8 Å². The molecule has 2 rings (SSSR count). The molecule has 0 amide bonds. The zero-order valence-corrected chi connectivity index (χ0v) is 43.9. The van der Waals surface area contributed by atoms with Crippen LogP contribution in [-0.2, 0) is 42.1 Å². The second-order valence-electron chi connectivity index (χ2n) is 20.1. The number of carbonyl (C=O) groups is 2. The molecule has 14 atom stereocenters. The van der Waals surface area contributed by atoms with Crippen molar-refractivity contribution in [2.24, 2.45) is 5.92 Å².